The number of rotatable bonds is 11. The first-order valence-corrected chi connectivity index (χ1v) is 15.7. The molecule has 5 atom stereocenters. The number of carbonyl (C=O) groups excluding carboxylic acids is 5. The number of carbonyl (C=O) groups is 5. The number of para-hydroxylation sites is 1. The zero-order chi connectivity index (χ0) is 35.4. The van der Waals surface area contributed by atoms with Crippen LogP contribution in [0.5, 0.6) is 5.75 Å². The van der Waals surface area contributed by atoms with Gasteiger partial charge in [-0.2, -0.15) is 0 Å². The molecule has 16 heteroatoms. The molecule has 0 spiro atoms. The first kappa shape index (κ1) is 37.2. The number of hydrogen-bond acceptors (Lipinski definition) is 13. The van der Waals surface area contributed by atoms with Crippen LogP contribution in [0.2, 0.25) is 0 Å². The fourth-order valence-electron chi connectivity index (χ4n) is 5.01. The molecule has 1 aromatic carbocycles. The Morgan fingerprint density at radius 3 is 2.50 bits per heavy atom. The van der Waals surface area contributed by atoms with E-state index in [0.717, 1.165) is 12.8 Å². The molecule has 3 heterocycles. The molecule has 1 aliphatic heterocycles. The van der Waals surface area contributed by atoms with Crippen molar-refractivity contribution >= 4 is 52.9 Å². The number of benzene rings is 1. The molecule has 0 radical (unpaired) electrons. The summed E-state index contributed by atoms with van der Waals surface area (Å²) in [6.07, 6.45) is 2.99. The lowest BCUT2D eigenvalue weighted by molar-refractivity contribution is -0.175. The number of nitrogens with one attached hydrogen (secondary N) is 3. The van der Waals surface area contributed by atoms with Gasteiger partial charge in [-0.15, -0.1) is 0 Å². The monoisotopic (exact) mass is 669 g/mol. The van der Waals surface area contributed by atoms with Gasteiger partial charge in [0.1, 0.15) is 24.1 Å². The molecule has 16 nitrogen and oxygen atoms in total. The summed E-state index contributed by atoms with van der Waals surface area (Å²) in [7, 11) is 0. The summed E-state index contributed by atoms with van der Waals surface area (Å²) in [5, 5.41) is 15.1. The zero-order valence-corrected chi connectivity index (χ0v) is 27.6. The summed E-state index contributed by atoms with van der Waals surface area (Å²) in [5.41, 5.74) is 6.56. The highest BCUT2D eigenvalue weighted by Gasteiger charge is 2.44. The minimum atomic E-state index is -1.42. The normalized spacial score (nSPS) is 21.0. The van der Waals surface area contributed by atoms with E-state index in [9.17, 15) is 29.1 Å². The molecule has 2 amide bonds. The van der Waals surface area contributed by atoms with Crippen molar-refractivity contribution in [1.82, 2.24) is 25.3 Å². The summed E-state index contributed by atoms with van der Waals surface area (Å²) in [6, 6.07) is 2.71. The summed E-state index contributed by atoms with van der Waals surface area (Å²) >= 11 is 0. The molecule has 3 aromatic rings. The molecule has 1 saturated heterocycles. The second kappa shape index (κ2) is 17.6. The van der Waals surface area contributed by atoms with Gasteiger partial charge in [0.15, 0.2) is 29.4 Å². The van der Waals surface area contributed by atoms with E-state index >= 15 is 0 Å². The molecule has 0 saturated carbocycles. The van der Waals surface area contributed by atoms with Crippen LogP contribution in [-0.4, -0.2) is 79.6 Å². The van der Waals surface area contributed by atoms with E-state index in [1.165, 1.54) is 44.7 Å². The Morgan fingerprint density at radius 1 is 1.10 bits per heavy atom. The van der Waals surface area contributed by atoms with E-state index in [4.69, 9.17) is 19.9 Å². The third kappa shape index (κ3) is 9.86. The van der Waals surface area contributed by atoms with Gasteiger partial charge < -0.3 is 40.7 Å². The fourth-order valence-corrected chi connectivity index (χ4v) is 5.01. The maximum atomic E-state index is 13.3. The number of anilines is 2. The smallest absolute Gasteiger partial charge is 0.332 e. The molecule has 2 aromatic heterocycles. The van der Waals surface area contributed by atoms with Crippen molar-refractivity contribution in [2.24, 2.45) is 11.8 Å². The Morgan fingerprint density at radius 2 is 1.83 bits per heavy atom. The third-order valence-electron chi connectivity index (χ3n) is 7.48. The van der Waals surface area contributed by atoms with E-state index in [-0.39, 0.29) is 23.6 Å². The number of phenols is 1. The molecule has 4 rings (SSSR count). The van der Waals surface area contributed by atoms with E-state index in [1.54, 1.807) is 0 Å². The second-order valence-corrected chi connectivity index (χ2v) is 11.7. The fraction of sp³-hybridized carbons (Fsp3) is 0.500. The number of unbranched alkanes of at least 4 members (excludes halogenated alkanes) is 2. The van der Waals surface area contributed by atoms with Crippen molar-refractivity contribution in [3.05, 3.63) is 36.4 Å². The molecule has 1 fully saturated rings. The third-order valence-corrected chi connectivity index (χ3v) is 7.48. The number of nitrogens with zero attached hydrogens (tertiary/aromatic N) is 3. The maximum absolute atomic E-state index is 13.3. The molecule has 0 bridgehead atoms. The first-order chi connectivity index (χ1) is 22.9. The molecule has 260 valence electrons. The van der Waals surface area contributed by atoms with E-state index in [2.05, 4.69) is 30.6 Å². The van der Waals surface area contributed by atoms with Gasteiger partial charge in [-0.1, -0.05) is 46.1 Å². The highest BCUT2D eigenvalue weighted by molar-refractivity contribution is 6.01. The number of hydrogen-bond donors (Lipinski definition) is 5. The maximum Gasteiger partial charge on any atom is 0.332 e. The van der Waals surface area contributed by atoms with Crippen LogP contribution in [0.25, 0.3) is 11.2 Å². The summed E-state index contributed by atoms with van der Waals surface area (Å²) in [6.45, 7) is 8.70. The Balaban J connectivity index is 0.000000524. The second-order valence-electron chi connectivity index (χ2n) is 11.7. The molecular weight excluding hydrogens is 626 g/mol. The van der Waals surface area contributed by atoms with Crippen LogP contribution in [0, 0.1) is 11.8 Å². The largest absolute Gasteiger partial charge is 0.505 e. The van der Waals surface area contributed by atoms with Crippen molar-refractivity contribution in [2.75, 3.05) is 11.1 Å². The van der Waals surface area contributed by atoms with Gasteiger partial charge in [0.25, 0.3) is 5.91 Å². The van der Waals surface area contributed by atoms with Gasteiger partial charge >= 0.3 is 17.9 Å². The van der Waals surface area contributed by atoms with Gasteiger partial charge in [-0.25, -0.2) is 19.7 Å². The van der Waals surface area contributed by atoms with Gasteiger partial charge in [0.2, 0.25) is 6.41 Å². The minimum Gasteiger partial charge on any atom is -0.505 e. The number of aromatic hydroxyl groups is 1. The number of nitrogen functional groups attached to an aromatic ring is 1. The van der Waals surface area contributed by atoms with Crippen LogP contribution >= 0.6 is 0 Å². The number of cyclic esters (lactones) is 2. The average molecular weight is 670 g/mol. The highest BCUT2D eigenvalue weighted by atomic mass is 16.6. The topological polar surface area (TPSA) is 238 Å². The predicted octanol–water partition coefficient (Wildman–Crippen LogP) is 3.03. The number of esters is 3. The molecule has 1 aliphatic rings. The average Bonchev–Trinajstić information content (AvgIpc) is 3.52. The number of fused-ring (bicyclic) bond motifs is 1. The Bertz CT molecular complexity index is 1580. The predicted molar refractivity (Wildman–Crippen MR) is 173 cm³/mol. The number of H-pyrrole nitrogens is 1. The van der Waals surface area contributed by atoms with E-state index < -0.39 is 59.8 Å². The van der Waals surface area contributed by atoms with Gasteiger partial charge in [0, 0.05) is 6.42 Å². The van der Waals surface area contributed by atoms with Gasteiger partial charge in [-0.05, 0) is 38.3 Å². The Hall–Kier alpha value is -5.28. The number of phenolic OH excluding ortho intramolecular Hbond substituents is 1. The van der Waals surface area contributed by atoms with E-state index in [0.29, 0.717) is 36.2 Å². The molecule has 6 N–H and O–H groups in total. The lowest BCUT2D eigenvalue weighted by atomic mass is 9.92. The number of amides is 2. The number of aromatic nitrogens is 4. The van der Waals surface area contributed by atoms with Crippen LogP contribution in [-0.2, 0) is 33.4 Å². The molecule has 5 unspecified atom stereocenters. The van der Waals surface area contributed by atoms with E-state index in [1.807, 2.05) is 20.8 Å². The van der Waals surface area contributed by atoms with Gasteiger partial charge in [-0.3, -0.25) is 19.2 Å². The van der Waals surface area contributed by atoms with Crippen molar-refractivity contribution in [3.63, 3.8) is 0 Å². The Kier molecular flexibility index (Phi) is 13.6. The van der Waals surface area contributed by atoms with Crippen molar-refractivity contribution in [3.8, 4) is 5.75 Å². The summed E-state index contributed by atoms with van der Waals surface area (Å²) in [5.74, 6) is -3.84. The minimum absolute atomic E-state index is 0.00114. The Labute approximate surface area is 277 Å². The molecule has 0 aliphatic carbocycles. The summed E-state index contributed by atoms with van der Waals surface area (Å²) in [4.78, 5) is 77.1. The highest BCUT2D eigenvalue weighted by Crippen LogP contribution is 2.29. The van der Waals surface area contributed by atoms with Crippen LogP contribution in [0.15, 0.2) is 30.9 Å². The standard InChI is InChI=1S/C27H38N2O9.C5H5N5/c1-6-7-8-10-19-24(38-21(31)13-15(2)3)17(5)37-27(35)22(16(4)36-26(19)34)29-25(33)18-11-9-12-20(23(18)32)28-14-30;6-4-3-5(9-1-7-3)10-2-8-4/h9,11-12,14-17,19,22,24,32H,6-8,10,13H2,1-5H3,(H,28,30)(H,29,33);1-2H,(H3,6,7,8,9,10). The van der Waals surface area contributed by atoms with Gasteiger partial charge in [0.05, 0.1) is 23.5 Å². The number of nitrogens with two attached hydrogens (primary N) is 1. The van der Waals surface area contributed by atoms with Crippen LogP contribution in [0.3, 0.4) is 0 Å². The van der Waals surface area contributed by atoms with Crippen LogP contribution in [0.1, 0.15) is 77.1 Å². The van der Waals surface area contributed by atoms with Crippen LogP contribution < -0.4 is 16.4 Å². The number of aromatic amines is 1. The molecule has 48 heavy (non-hydrogen) atoms. The van der Waals surface area contributed by atoms with Crippen molar-refractivity contribution in [1.29, 1.82) is 0 Å². The first-order valence-electron chi connectivity index (χ1n) is 15.7. The lowest BCUT2D eigenvalue weighted by Gasteiger charge is -2.29. The zero-order valence-electron chi connectivity index (χ0n) is 27.6. The van der Waals surface area contributed by atoms with Crippen molar-refractivity contribution in [2.45, 2.75) is 91.1 Å². The molecular formula is C32H43N7O9. The number of imidazole rings is 1. The summed E-state index contributed by atoms with van der Waals surface area (Å²) < 4.78 is 16.9. The SMILES string of the molecule is CCCCCC1C(=O)OC(C)C(NC(=O)c2cccc(NC=O)c2O)C(=O)OC(C)C1OC(=O)CC(C)C.Nc1ncnc2nc[nH]c12. The lowest BCUT2D eigenvalue weighted by Crippen LogP contribution is -2.50. The van der Waals surface area contributed by atoms with Crippen molar-refractivity contribution < 1.29 is 43.3 Å². The quantitative estimate of drug-likeness (QED) is 0.0649. The van der Waals surface area contributed by atoms with Crippen LogP contribution in [0.4, 0.5) is 11.5 Å². The number of ether oxygens (including phenoxy) is 3.